The van der Waals surface area contributed by atoms with Crippen molar-refractivity contribution < 1.29 is 18.5 Å². The lowest BCUT2D eigenvalue weighted by molar-refractivity contribution is -0.116. The van der Waals surface area contributed by atoms with Gasteiger partial charge in [0.25, 0.3) is 11.6 Å². The third kappa shape index (κ3) is 4.45. The number of aryl methyl sites for hydroxylation is 1. The van der Waals surface area contributed by atoms with Crippen LogP contribution in [0.2, 0.25) is 5.02 Å². The third-order valence-corrected chi connectivity index (χ3v) is 5.06. The van der Waals surface area contributed by atoms with E-state index < -0.39 is 5.91 Å². The molecule has 0 aliphatic carbocycles. The smallest absolute Gasteiger partial charge is 0.259 e. The first kappa shape index (κ1) is 21.5. The van der Waals surface area contributed by atoms with Gasteiger partial charge in [-0.3, -0.25) is 9.59 Å². The summed E-state index contributed by atoms with van der Waals surface area (Å²) in [6.07, 6.45) is 0. The second-order valence-electron chi connectivity index (χ2n) is 7.23. The molecule has 9 heteroatoms. The molecule has 0 spiro atoms. The zero-order chi connectivity index (χ0) is 22.8. The van der Waals surface area contributed by atoms with Crippen molar-refractivity contribution in [2.24, 2.45) is 0 Å². The van der Waals surface area contributed by atoms with Crippen molar-refractivity contribution in [3.05, 3.63) is 76.7 Å². The molecular weight excluding hydrogens is 435 g/mol. The topological polar surface area (TPSA) is 88.3 Å². The Morgan fingerprint density at radius 3 is 2.62 bits per heavy atom. The van der Waals surface area contributed by atoms with Crippen LogP contribution in [0.15, 0.2) is 59.1 Å². The van der Waals surface area contributed by atoms with Gasteiger partial charge in [0.2, 0.25) is 5.91 Å². The van der Waals surface area contributed by atoms with Crippen LogP contribution in [0.1, 0.15) is 16.1 Å². The van der Waals surface area contributed by atoms with Crippen molar-refractivity contribution in [1.82, 2.24) is 15.0 Å². The van der Waals surface area contributed by atoms with E-state index in [9.17, 15) is 14.0 Å². The lowest BCUT2D eigenvalue weighted by atomic mass is 10.0. The number of aromatic nitrogens is 2. The number of carbonyl (C=O) groups is 2. The van der Waals surface area contributed by atoms with Gasteiger partial charge in [-0.25, -0.2) is 9.37 Å². The minimum absolute atomic E-state index is 0.185. The van der Waals surface area contributed by atoms with Crippen LogP contribution in [0.3, 0.4) is 0 Å². The maximum absolute atomic E-state index is 13.3. The van der Waals surface area contributed by atoms with E-state index in [-0.39, 0.29) is 29.5 Å². The van der Waals surface area contributed by atoms with Crippen LogP contribution in [-0.2, 0) is 4.79 Å². The fourth-order valence-corrected chi connectivity index (χ4v) is 3.48. The lowest BCUT2D eigenvalue weighted by Crippen LogP contribution is -2.35. The quantitative estimate of drug-likeness (QED) is 0.474. The van der Waals surface area contributed by atoms with E-state index >= 15 is 0 Å². The number of hydrogen-bond donors (Lipinski definition) is 1. The first-order chi connectivity index (χ1) is 15.3. The number of anilines is 1. The summed E-state index contributed by atoms with van der Waals surface area (Å²) in [7, 11) is 1.52. The van der Waals surface area contributed by atoms with Gasteiger partial charge >= 0.3 is 0 Å². The van der Waals surface area contributed by atoms with E-state index in [4.69, 9.17) is 16.1 Å². The van der Waals surface area contributed by atoms with Crippen LogP contribution in [0, 0.1) is 12.7 Å². The molecule has 0 fully saturated rings. The Hall–Kier alpha value is -3.78. The number of carbonyl (C=O) groups excluding carboxylic acids is 2. The number of likely N-dealkylation sites (N-methyl/N-ethyl adjacent to an activating group) is 1. The van der Waals surface area contributed by atoms with E-state index in [0.29, 0.717) is 33.0 Å². The third-order valence-electron chi connectivity index (χ3n) is 4.82. The second kappa shape index (κ2) is 8.76. The Morgan fingerprint density at radius 2 is 1.91 bits per heavy atom. The number of rotatable bonds is 5. The average molecular weight is 453 g/mol. The number of halogens is 2. The lowest BCUT2D eigenvalue weighted by Gasteiger charge is -2.18. The van der Waals surface area contributed by atoms with E-state index in [1.54, 1.807) is 49.4 Å². The van der Waals surface area contributed by atoms with Gasteiger partial charge < -0.3 is 14.7 Å². The van der Waals surface area contributed by atoms with Crippen molar-refractivity contribution in [2.45, 2.75) is 6.92 Å². The molecule has 0 radical (unpaired) electrons. The predicted molar refractivity (Wildman–Crippen MR) is 119 cm³/mol. The molecule has 7 nitrogen and oxygen atoms in total. The average Bonchev–Trinajstić information content (AvgIpc) is 3.14. The number of nitrogens with zero attached hydrogens (tertiary/aromatic N) is 3. The van der Waals surface area contributed by atoms with Crippen LogP contribution in [-0.4, -0.2) is 40.4 Å². The number of nitrogens with one attached hydrogen (secondary N) is 1. The Kier molecular flexibility index (Phi) is 5.87. The summed E-state index contributed by atoms with van der Waals surface area (Å²) in [6, 6.07) is 14.0. The molecule has 32 heavy (non-hydrogen) atoms. The van der Waals surface area contributed by atoms with Gasteiger partial charge in [0.1, 0.15) is 5.82 Å². The van der Waals surface area contributed by atoms with Gasteiger partial charge in [-0.2, -0.15) is 0 Å². The predicted octanol–water partition coefficient (Wildman–Crippen LogP) is 4.70. The summed E-state index contributed by atoms with van der Waals surface area (Å²) in [6.45, 7) is 1.51. The summed E-state index contributed by atoms with van der Waals surface area (Å²) >= 11 is 5.94. The van der Waals surface area contributed by atoms with Gasteiger partial charge in [0.05, 0.1) is 28.9 Å². The molecule has 2 aromatic carbocycles. The van der Waals surface area contributed by atoms with Crippen LogP contribution >= 0.6 is 11.6 Å². The van der Waals surface area contributed by atoms with Gasteiger partial charge in [0, 0.05) is 23.3 Å². The van der Waals surface area contributed by atoms with Crippen molar-refractivity contribution in [3.8, 4) is 11.3 Å². The molecular formula is C23H18ClFN4O3. The molecule has 2 heterocycles. The zero-order valence-corrected chi connectivity index (χ0v) is 18.0. The Balaban J connectivity index is 1.62. The molecule has 0 saturated heterocycles. The van der Waals surface area contributed by atoms with Gasteiger partial charge in [0.15, 0.2) is 0 Å². The van der Waals surface area contributed by atoms with Crippen molar-refractivity contribution in [3.63, 3.8) is 0 Å². The van der Waals surface area contributed by atoms with Gasteiger partial charge in [-0.15, -0.1) is 0 Å². The largest absolute Gasteiger partial charge is 0.335 e. The molecule has 0 atom stereocenters. The zero-order valence-electron chi connectivity index (χ0n) is 17.2. The minimum atomic E-state index is -0.409. The molecule has 1 N–H and O–H groups in total. The van der Waals surface area contributed by atoms with Gasteiger partial charge in [-0.1, -0.05) is 22.8 Å². The number of amides is 2. The normalized spacial score (nSPS) is 10.9. The standard InChI is InChI=1S/C23H18ClFN4O3/c1-13-21-18(11-19(27-22(21)32-28-13)14-6-8-16(25)9-7-14)23(31)29(2)12-20(30)26-17-5-3-4-15(24)10-17/h3-11H,12H2,1-2H3,(H,26,30). The highest BCUT2D eigenvalue weighted by molar-refractivity contribution is 6.30. The van der Waals surface area contributed by atoms with Crippen molar-refractivity contribution in [1.29, 1.82) is 0 Å². The molecule has 2 amide bonds. The van der Waals surface area contributed by atoms with E-state index in [2.05, 4.69) is 15.5 Å². The highest BCUT2D eigenvalue weighted by Gasteiger charge is 2.23. The highest BCUT2D eigenvalue weighted by Crippen LogP contribution is 2.28. The fraction of sp³-hybridized carbons (Fsp3) is 0.130. The fourth-order valence-electron chi connectivity index (χ4n) is 3.29. The highest BCUT2D eigenvalue weighted by atomic mass is 35.5. The molecule has 162 valence electrons. The van der Waals surface area contributed by atoms with Crippen LogP contribution in [0.25, 0.3) is 22.4 Å². The molecule has 0 aliphatic rings. The minimum Gasteiger partial charge on any atom is -0.335 e. The van der Waals surface area contributed by atoms with E-state index in [1.807, 2.05) is 0 Å². The molecule has 0 unspecified atom stereocenters. The van der Waals surface area contributed by atoms with Crippen LogP contribution in [0.5, 0.6) is 0 Å². The maximum Gasteiger partial charge on any atom is 0.259 e. The molecule has 0 bridgehead atoms. The van der Waals surface area contributed by atoms with E-state index in [0.717, 1.165) is 0 Å². The maximum atomic E-state index is 13.3. The summed E-state index contributed by atoms with van der Waals surface area (Å²) < 4.78 is 18.6. The summed E-state index contributed by atoms with van der Waals surface area (Å²) in [4.78, 5) is 31.4. The molecule has 4 rings (SSSR count). The first-order valence-corrected chi connectivity index (χ1v) is 10.0. The summed E-state index contributed by atoms with van der Waals surface area (Å²) in [5.74, 6) is -1.17. The molecule has 0 aliphatic heterocycles. The van der Waals surface area contributed by atoms with Gasteiger partial charge in [-0.05, 0) is 55.5 Å². The number of fused-ring (bicyclic) bond motifs is 1. The summed E-state index contributed by atoms with van der Waals surface area (Å²) in [5, 5.41) is 7.57. The van der Waals surface area contributed by atoms with Crippen LogP contribution < -0.4 is 5.32 Å². The Labute approximate surface area is 187 Å². The molecule has 0 saturated carbocycles. The number of pyridine rings is 1. The van der Waals surface area contributed by atoms with Crippen molar-refractivity contribution >= 4 is 40.2 Å². The number of benzene rings is 2. The molecule has 4 aromatic rings. The van der Waals surface area contributed by atoms with E-state index in [1.165, 1.54) is 24.1 Å². The van der Waals surface area contributed by atoms with Crippen LogP contribution in [0.4, 0.5) is 10.1 Å². The molecule has 2 aromatic heterocycles. The second-order valence-corrected chi connectivity index (χ2v) is 7.67. The van der Waals surface area contributed by atoms with Crippen molar-refractivity contribution in [2.75, 3.05) is 18.9 Å². The first-order valence-electron chi connectivity index (χ1n) is 9.65. The summed E-state index contributed by atoms with van der Waals surface area (Å²) in [5.41, 5.74) is 2.53. The Bertz CT molecular complexity index is 1320. The Morgan fingerprint density at radius 1 is 1.16 bits per heavy atom. The monoisotopic (exact) mass is 452 g/mol. The SMILES string of the molecule is Cc1noc2nc(-c3ccc(F)cc3)cc(C(=O)N(C)CC(=O)Nc3cccc(Cl)c3)c12. The number of hydrogen-bond acceptors (Lipinski definition) is 5.